The molecule has 7 heteroatoms. The average molecular weight is 402 g/mol. The number of rotatable bonds is 6. The molecule has 1 saturated heterocycles. The number of aryl methyl sites for hydroxylation is 1. The molecule has 1 fully saturated rings. The van der Waals surface area contributed by atoms with Crippen LogP contribution in [-0.2, 0) is 9.59 Å². The van der Waals surface area contributed by atoms with Crippen LogP contribution < -0.4 is 0 Å². The molecule has 2 heterocycles. The molecule has 0 bridgehead atoms. The summed E-state index contributed by atoms with van der Waals surface area (Å²) in [6, 6.07) is 6.54. The maximum Gasteiger partial charge on any atom is 0.295 e. The lowest BCUT2D eigenvalue weighted by atomic mass is 9.98. The van der Waals surface area contributed by atoms with E-state index < -0.39 is 23.5 Å². The quantitative estimate of drug-likeness (QED) is 0.456. The Labute approximate surface area is 167 Å². The Kier molecular flexibility index (Phi) is 5.96. The molecule has 5 nitrogen and oxygen atoms in total. The lowest BCUT2D eigenvalue weighted by Crippen LogP contribution is -2.32. The number of Topliss-reactive ketones (excluding diaryl/α,β-unsaturated/α-hetero) is 1. The van der Waals surface area contributed by atoms with Gasteiger partial charge in [-0.3, -0.25) is 9.59 Å². The Morgan fingerprint density at radius 1 is 1.21 bits per heavy atom. The number of carbonyl (C=O) groups is 2. The molecule has 1 aliphatic rings. The van der Waals surface area contributed by atoms with Crippen LogP contribution in [-0.4, -0.2) is 53.8 Å². The van der Waals surface area contributed by atoms with E-state index in [1.165, 1.54) is 35.6 Å². The Hall–Kier alpha value is -2.51. The van der Waals surface area contributed by atoms with Gasteiger partial charge in [0, 0.05) is 17.0 Å². The van der Waals surface area contributed by atoms with Gasteiger partial charge in [-0.05, 0) is 75.3 Å². The van der Waals surface area contributed by atoms with Crippen LogP contribution in [0.3, 0.4) is 0 Å². The number of likely N-dealkylation sites (tertiary alicyclic amines) is 1. The molecule has 28 heavy (non-hydrogen) atoms. The second-order valence-corrected chi connectivity index (χ2v) is 8.07. The Bertz CT molecular complexity index is 918. The Morgan fingerprint density at radius 3 is 2.46 bits per heavy atom. The first-order valence-corrected chi connectivity index (χ1v) is 9.92. The van der Waals surface area contributed by atoms with Crippen molar-refractivity contribution in [3.63, 3.8) is 0 Å². The summed E-state index contributed by atoms with van der Waals surface area (Å²) in [6.07, 6.45) is 0.706. The van der Waals surface area contributed by atoms with Crippen LogP contribution in [0.5, 0.6) is 0 Å². The minimum atomic E-state index is -0.704. The van der Waals surface area contributed by atoms with Crippen molar-refractivity contribution in [2.45, 2.75) is 19.4 Å². The molecule has 148 valence electrons. The topological polar surface area (TPSA) is 60.9 Å². The zero-order chi connectivity index (χ0) is 20.4. The van der Waals surface area contributed by atoms with Crippen molar-refractivity contribution < 1.29 is 19.1 Å². The molecule has 2 aromatic rings. The Balaban J connectivity index is 2.07. The van der Waals surface area contributed by atoms with Crippen LogP contribution in [0.1, 0.15) is 28.5 Å². The van der Waals surface area contributed by atoms with E-state index in [2.05, 4.69) is 0 Å². The highest BCUT2D eigenvalue weighted by Gasteiger charge is 2.46. The first kappa shape index (κ1) is 20.2. The van der Waals surface area contributed by atoms with E-state index in [-0.39, 0.29) is 11.3 Å². The average Bonchev–Trinajstić information content (AvgIpc) is 3.17. The van der Waals surface area contributed by atoms with Crippen molar-refractivity contribution in [3.05, 3.63) is 63.1 Å². The zero-order valence-electron chi connectivity index (χ0n) is 16.1. The second kappa shape index (κ2) is 8.24. The van der Waals surface area contributed by atoms with Gasteiger partial charge in [-0.15, -0.1) is 11.3 Å². The molecular weight excluding hydrogens is 379 g/mol. The smallest absolute Gasteiger partial charge is 0.295 e. The summed E-state index contributed by atoms with van der Waals surface area (Å²) in [4.78, 5) is 30.0. The van der Waals surface area contributed by atoms with Crippen LogP contribution in [0.15, 0.2) is 41.3 Å². The number of hydrogen-bond acceptors (Lipinski definition) is 5. The normalized spacial score (nSPS) is 19.0. The number of benzene rings is 1. The van der Waals surface area contributed by atoms with E-state index >= 15 is 0 Å². The molecule has 1 atom stereocenters. The van der Waals surface area contributed by atoms with Crippen molar-refractivity contribution in [1.82, 2.24) is 9.80 Å². The molecule has 1 aromatic heterocycles. The fourth-order valence-corrected chi connectivity index (χ4v) is 4.42. The van der Waals surface area contributed by atoms with Crippen LogP contribution >= 0.6 is 11.3 Å². The third-order valence-corrected chi connectivity index (χ3v) is 5.88. The Morgan fingerprint density at radius 2 is 1.89 bits per heavy atom. The predicted octanol–water partition coefficient (Wildman–Crippen LogP) is 3.57. The van der Waals surface area contributed by atoms with Gasteiger partial charge in [-0.1, -0.05) is 0 Å². The first-order valence-electron chi connectivity index (χ1n) is 9.04. The molecule has 0 spiro atoms. The van der Waals surface area contributed by atoms with Gasteiger partial charge in [0.1, 0.15) is 11.6 Å². The maximum absolute atomic E-state index is 13.3. The molecule has 1 unspecified atom stereocenters. The minimum absolute atomic E-state index is 0.0620. The maximum atomic E-state index is 13.3. The van der Waals surface area contributed by atoms with Crippen LogP contribution in [0.25, 0.3) is 5.76 Å². The number of aliphatic hydroxyl groups excluding tert-OH is 1. The van der Waals surface area contributed by atoms with E-state index in [9.17, 15) is 19.1 Å². The van der Waals surface area contributed by atoms with Crippen LogP contribution in [0.2, 0.25) is 0 Å². The van der Waals surface area contributed by atoms with Gasteiger partial charge in [0.25, 0.3) is 11.7 Å². The second-order valence-electron chi connectivity index (χ2n) is 7.12. The van der Waals surface area contributed by atoms with E-state index in [0.717, 1.165) is 17.0 Å². The lowest BCUT2D eigenvalue weighted by Gasteiger charge is -2.25. The number of carbonyl (C=O) groups excluding carboxylic acids is 2. The van der Waals surface area contributed by atoms with Gasteiger partial charge < -0.3 is 14.9 Å². The van der Waals surface area contributed by atoms with E-state index in [4.69, 9.17) is 0 Å². The number of ketones is 1. The van der Waals surface area contributed by atoms with Gasteiger partial charge in [0.2, 0.25) is 0 Å². The molecule has 1 amide bonds. The SMILES string of the molecule is Cc1ccsc1C1/C(=C(/O)c2ccc(F)cc2)C(=O)C(=O)N1CCCN(C)C. The summed E-state index contributed by atoms with van der Waals surface area (Å²) < 4.78 is 13.3. The third-order valence-electron chi connectivity index (χ3n) is 4.81. The van der Waals surface area contributed by atoms with Crippen molar-refractivity contribution in [2.75, 3.05) is 27.2 Å². The number of aliphatic hydroxyl groups is 1. The zero-order valence-corrected chi connectivity index (χ0v) is 16.9. The van der Waals surface area contributed by atoms with E-state index in [0.29, 0.717) is 18.5 Å². The molecule has 0 aliphatic carbocycles. The van der Waals surface area contributed by atoms with E-state index in [1.54, 1.807) is 4.90 Å². The number of thiophene rings is 1. The number of amides is 1. The predicted molar refractivity (Wildman–Crippen MR) is 108 cm³/mol. The summed E-state index contributed by atoms with van der Waals surface area (Å²) in [5.41, 5.74) is 1.33. The van der Waals surface area contributed by atoms with Gasteiger partial charge in [0.05, 0.1) is 11.6 Å². The lowest BCUT2D eigenvalue weighted by molar-refractivity contribution is -0.139. The van der Waals surface area contributed by atoms with Crippen molar-refractivity contribution in [1.29, 1.82) is 0 Å². The number of hydrogen-bond donors (Lipinski definition) is 1. The molecule has 3 rings (SSSR count). The molecule has 0 saturated carbocycles. The van der Waals surface area contributed by atoms with Crippen molar-refractivity contribution >= 4 is 28.8 Å². The van der Waals surface area contributed by atoms with E-state index in [1.807, 2.05) is 37.4 Å². The highest BCUT2D eigenvalue weighted by atomic mass is 32.1. The first-order chi connectivity index (χ1) is 13.3. The molecular formula is C21H23FN2O3S. The highest BCUT2D eigenvalue weighted by Crippen LogP contribution is 2.42. The van der Waals surface area contributed by atoms with Gasteiger partial charge >= 0.3 is 0 Å². The van der Waals surface area contributed by atoms with Crippen molar-refractivity contribution in [2.24, 2.45) is 0 Å². The van der Waals surface area contributed by atoms with Crippen molar-refractivity contribution in [3.8, 4) is 0 Å². The number of halogens is 1. The third kappa shape index (κ3) is 3.86. The molecule has 0 radical (unpaired) electrons. The van der Waals surface area contributed by atoms with Gasteiger partial charge in [0.15, 0.2) is 0 Å². The monoisotopic (exact) mass is 402 g/mol. The molecule has 1 aromatic carbocycles. The summed E-state index contributed by atoms with van der Waals surface area (Å²) >= 11 is 1.45. The van der Waals surface area contributed by atoms with Gasteiger partial charge in [-0.2, -0.15) is 0 Å². The largest absolute Gasteiger partial charge is 0.507 e. The fourth-order valence-electron chi connectivity index (χ4n) is 3.37. The van der Waals surface area contributed by atoms with Crippen LogP contribution in [0.4, 0.5) is 4.39 Å². The fraction of sp³-hybridized carbons (Fsp3) is 0.333. The molecule has 1 N–H and O–H groups in total. The number of nitrogens with zero attached hydrogens (tertiary/aromatic N) is 2. The molecule has 1 aliphatic heterocycles. The summed E-state index contributed by atoms with van der Waals surface area (Å²) in [6.45, 7) is 3.10. The van der Waals surface area contributed by atoms with Gasteiger partial charge in [-0.25, -0.2) is 4.39 Å². The van der Waals surface area contributed by atoms with Crippen LogP contribution in [0, 0.1) is 12.7 Å². The summed E-state index contributed by atoms with van der Waals surface area (Å²) in [5, 5.41) is 12.8. The minimum Gasteiger partial charge on any atom is -0.507 e. The summed E-state index contributed by atoms with van der Waals surface area (Å²) in [5.74, 6) is -2.03. The standard InChI is InChI=1S/C21H23FN2O3S/c1-13-9-12-28-20(13)17-16(18(25)14-5-7-15(22)8-6-14)19(26)21(27)24(17)11-4-10-23(2)3/h5-9,12,17,25H,4,10-11H2,1-3H3/b18-16-. The summed E-state index contributed by atoms with van der Waals surface area (Å²) in [7, 11) is 3.90. The highest BCUT2D eigenvalue weighted by molar-refractivity contribution is 7.10.